The molecule has 0 radical (unpaired) electrons. The molecule has 4 nitrogen and oxygen atoms in total. The largest absolute Gasteiger partial charge is 0.463 e. The van der Waals surface area contributed by atoms with Gasteiger partial charge in [0.2, 0.25) is 0 Å². The Morgan fingerprint density at radius 3 is 2.72 bits per heavy atom. The molecule has 0 spiro atoms. The fraction of sp³-hybridized carbons (Fsp3) is 0.286. The Morgan fingerprint density at radius 1 is 1.11 bits per heavy atom. The third-order valence-electron chi connectivity index (χ3n) is 2.58. The van der Waals surface area contributed by atoms with E-state index in [1.165, 1.54) is 5.56 Å². The minimum atomic E-state index is 0.406. The van der Waals surface area contributed by atoms with Crippen molar-refractivity contribution in [2.75, 3.05) is 6.61 Å². The standard InChI is InChI=1S/C14H17N3O/c15-11-13-8-9-16-14(17-13)18-10-4-7-12-5-2-1-3-6-12/h1-3,5-6,8-9H,4,7,10-11,15H2. The van der Waals surface area contributed by atoms with Crippen LogP contribution in [-0.4, -0.2) is 16.6 Å². The van der Waals surface area contributed by atoms with Crippen LogP contribution in [0.2, 0.25) is 0 Å². The van der Waals surface area contributed by atoms with Gasteiger partial charge in [-0.2, -0.15) is 4.98 Å². The summed E-state index contributed by atoms with van der Waals surface area (Å²) in [7, 11) is 0. The molecule has 0 fully saturated rings. The highest BCUT2D eigenvalue weighted by Gasteiger charge is 1.99. The van der Waals surface area contributed by atoms with Gasteiger partial charge in [-0.05, 0) is 24.5 Å². The maximum atomic E-state index is 5.50. The Kier molecular flexibility index (Phi) is 4.67. The van der Waals surface area contributed by atoms with Gasteiger partial charge in [0, 0.05) is 12.7 Å². The van der Waals surface area contributed by atoms with E-state index in [0.29, 0.717) is 19.2 Å². The molecular weight excluding hydrogens is 226 g/mol. The second-order valence-electron chi connectivity index (χ2n) is 3.97. The number of nitrogens with two attached hydrogens (primary N) is 1. The Morgan fingerprint density at radius 2 is 1.94 bits per heavy atom. The molecule has 18 heavy (non-hydrogen) atoms. The van der Waals surface area contributed by atoms with Gasteiger partial charge in [-0.3, -0.25) is 0 Å². The molecule has 0 saturated heterocycles. The molecule has 2 N–H and O–H groups in total. The summed E-state index contributed by atoms with van der Waals surface area (Å²) in [5.41, 5.74) is 7.62. The van der Waals surface area contributed by atoms with Crippen LogP contribution in [0.3, 0.4) is 0 Å². The van der Waals surface area contributed by atoms with Crippen molar-refractivity contribution in [2.24, 2.45) is 5.73 Å². The Hall–Kier alpha value is -1.94. The average Bonchev–Trinajstić information content (AvgIpc) is 2.45. The average molecular weight is 243 g/mol. The van der Waals surface area contributed by atoms with Gasteiger partial charge in [-0.15, -0.1) is 0 Å². The maximum Gasteiger partial charge on any atom is 0.316 e. The van der Waals surface area contributed by atoms with Gasteiger partial charge >= 0.3 is 6.01 Å². The van der Waals surface area contributed by atoms with E-state index in [9.17, 15) is 0 Å². The van der Waals surface area contributed by atoms with Crippen molar-refractivity contribution in [1.82, 2.24) is 9.97 Å². The first-order valence-corrected chi connectivity index (χ1v) is 6.07. The van der Waals surface area contributed by atoms with E-state index in [4.69, 9.17) is 10.5 Å². The van der Waals surface area contributed by atoms with E-state index in [2.05, 4.69) is 22.1 Å². The SMILES string of the molecule is NCc1ccnc(OCCCc2ccccc2)n1. The summed E-state index contributed by atoms with van der Waals surface area (Å²) < 4.78 is 5.49. The number of hydrogen-bond acceptors (Lipinski definition) is 4. The van der Waals surface area contributed by atoms with Crippen molar-refractivity contribution in [3.63, 3.8) is 0 Å². The highest BCUT2D eigenvalue weighted by Crippen LogP contribution is 2.05. The lowest BCUT2D eigenvalue weighted by Crippen LogP contribution is -2.05. The van der Waals surface area contributed by atoms with Crippen LogP contribution in [-0.2, 0) is 13.0 Å². The number of ether oxygens (including phenoxy) is 1. The number of nitrogens with zero attached hydrogens (tertiary/aromatic N) is 2. The fourth-order valence-electron chi connectivity index (χ4n) is 1.64. The second-order valence-corrected chi connectivity index (χ2v) is 3.97. The molecule has 1 aromatic carbocycles. The summed E-state index contributed by atoms with van der Waals surface area (Å²) in [4.78, 5) is 8.22. The number of aryl methyl sites for hydroxylation is 1. The highest BCUT2D eigenvalue weighted by atomic mass is 16.5. The van der Waals surface area contributed by atoms with Gasteiger partial charge in [0.05, 0.1) is 12.3 Å². The smallest absolute Gasteiger partial charge is 0.316 e. The van der Waals surface area contributed by atoms with Crippen LogP contribution in [0.15, 0.2) is 42.6 Å². The first kappa shape index (κ1) is 12.5. The van der Waals surface area contributed by atoms with Crippen molar-refractivity contribution in [3.8, 4) is 6.01 Å². The van der Waals surface area contributed by atoms with Crippen LogP contribution in [0.5, 0.6) is 6.01 Å². The fourth-order valence-corrected chi connectivity index (χ4v) is 1.64. The minimum Gasteiger partial charge on any atom is -0.463 e. The molecule has 0 aliphatic carbocycles. The Labute approximate surface area is 107 Å². The molecule has 2 aromatic rings. The van der Waals surface area contributed by atoms with Crippen LogP contribution in [0.4, 0.5) is 0 Å². The van der Waals surface area contributed by atoms with E-state index in [1.807, 2.05) is 18.2 Å². The zero-order valence-electron chi connectivity index (χ0n) is 10.2. The molecule has 1 aromatic heterocycles. The lowest BCUT2D eigenvalue weighted by atomic mass is 10.1. The third-order valence-corrected chi connectivity index (χ3v) is 2.58. The molecule has 0 aliphatic rings. The normalized spacial score (nSPS) is 10.3. The molecule has 4 heteroatoms. The van der Waals surface area contributed by atoms with Gasteiger partial charge in [0.1, 0.15) is 0 Å². The van der Waals surface area contributed by atoms with Crippen molar-refractivity contribution in [1.29, 1.82) is 0 Å². The van der Waals surface area contributed by atoms with Crippen molar-refractivity contribution < 1.29 is 4.74 Å². The van der Waals surface area contributed by atoms with E-state index in [1.54, 1.807) is 12.3 Å². The third kappa shape index (κ3) is 3.82. The van der Waals surface area contributed by atoms with Gasteiger partial charge in [0.25, 0.3) is 0 Å². The molecule has 0 atom stereocenters. The van der Waals surface area contributed by atoms with Crippen LogP contribution >= 0.6 is 0 Å². The van der Waals surface area contributed by atoms with Gasteiger partial charge in [-0.25, -0.2) is 4.98 Å². The molecule has 0 amide bonds. The summed E-state index contributed by atoms with van der Waals surface area (Å²) in [5, 5.41) is 0. The van der Waals surface area contributed by atoms with Crippen LogP contribution in [0.25, 0.3) is 0 Å². The summed E-state index contributed by atoms with van der Waals surface area (Å²) in [5.74, 6) is 0. The van der Waals surface area contributed by atoms with Gasteiger partial charge in [0.15, 0.2) is 0 Å². The van der Waals surface area contributed by atoms with Crippen LogP contribution < -0.4 is 10.5 Å². The van der Waals surface area contributed by atoms with Gasteiger partial charge < -0.3 is 10.5 Å². The molecule has 0 unspecified atom stereocenters. The Balaban J connectivity index is 1.75. The lowest BCUT2D eigenvalue weighted by molar-refractivity contribution is 0.285. The molecule has 1 heterocycles. The first-order valence-electron chi connectivity index (χ1n) is 6.07. The number of benzene rings is 1. The molecule has 2 rings (SSSR count). The van der Waals surface area contributed by atoms with E-state index < -0.39 is 0 Å². The summed E-state index contributed by atoms with van der Waals surface area (Å²) in [6, 6.07) is 12.5. The number of rotatable bonds is 6. The highest BCUT2D eigenvalue weighted by molar-refractivity contribution is 5.14. The second kappa shape index (κ2) is 6.71. The number of hydrogen-bond donors (Lipinski definition) is 1. The van der Waals surface area contributed by atoms with Crippen LogP contribution in [0.1, 0.15) is 17.7 Å². The minimum absolute atomic E-state index is 0.406. The predicted octanol–water partition coefficient (Wildman–Crippen LogP) is 1.95. The molecule has 0 saturated carbocycles. The molecule has 0 bridgehead atoms. The predicted molar refractivity (Wildman–Crippen MR) is 70.2 cm³/mol. The Bertz CT molecular complexity index is 473. The van der Waals surface area contributed by atoms with Crippen molar-refractivity contribution >= 4 is 0 Å². The van der Waals surface area contributed by atoms with Crippen LogP contribution in [0, 0.1) is 0 Å². The van der Waals surface area contributed by atoms with E-state index in [0.717, 1.165) is 18.5 Å². The quantitative estimate of drug-likeness (QED) is 0.788. The van der Waals surface area contributed by atoms with E-state index in [-0.39, 0.29) is 0 Å². The molecule has 0 aliphatic heterocycles. The number of aromatic nitrogens is 2. The zero-order valence-corrected chi connectivity index (χ0v) is 10.2. The topological polar surface area (TPSA) is 61.0 Å². The summed E-state index contributed by atoms with van der Waals surface area (Å²) >= 11 is 0. The lowest BCUT2D eigenvalue weighted by Gasteiger charge is -2.05. The van der Waals surface area contributed by atoms with Crippen molar-refractivity contribution in [2.45, 2.75) is 19.4 Å². The molecule has 94 valence electrons. The molecular formula is C14H17N3O. The van der Waals surface area contributed by atoms with Gasteiger partial charge in [-0.1, -0.05) is 30.3 Å². The zero-order chi connectivity index (χ0) is 12.6. The summed E-state index contributed by atoms with van der Waals surface area (Å²) in [6.07, 6.45) is 3.61. The van der Waals surface area contributed by atoms with Crippen molar-refractivity contribution in [3.05, 3.63) is 53.9 Å². The first-order chi connectivity index (χ1) is 8.88. The monoisotopic (exact) mass is 243 g/mol. The summed E-state index contributed by atoms with van der Waals surface area (Å²) in [6.45, 7) is 1.02. The maximum absolute atomic E-state index is 5.50. The van der Waals surface area contributed by atoms with E-state index >= 15 is 0 Å².